The molecule has 1 aromatic rings. The van der Waals surface area contributed by atoms with E-state index in [0.29, 0.717) is 23.3 Å². The van der Waals surface area contributed by atoms with Gasteiger partial charge in [-0.2, -0.15) is 5.26 Å². The van der Waals surface area contributed by atoms with Crippen LogP contribution in [0, 0.1) is 28.6 Å². The van der Waals surface area contributed by atoms with Crippen LogP contribution < -0.4 is 5.73 Å². The Labute approximate surface area is 156 Å². The van der Waals surface area contributed by atoms with E-state index in [0.717, 1.165) is 17.9 Å². The predicted molar refractivity (Wildman–Crippen MR) is 100 cm³/mol. The van der Waals surface area contributed by atoms with Gasteiger partial charge in [-0.1, -0.05) is 26.0 Å². The molecule has 0 amide bonds. The molecule has 6 heteroatoms. The maximum absolute atomic E-state index is 8.89. The van der Waals surface area contributed by atoms with Crippen LogP contribution in [0.15, 0.2) is 24.3 Å². The molecule has 4 aliphatic rings. The van der Waals surface area contributed by atoms with E-state index in [2.05, 4.69) is 26.8 Å². The zero-order chi connectivity index (χ0) is 17.1. The van der Waals surface area contributed by atoms with Crippen LogP contribution in [0.5, 0.6) is 0 Å². The van der Waals surface area contributed by atoms with Gasteiger partial charge in [-0.3, -0.25) is 0 Å². The predicted octanol–water partition coefficient (Wildman–Crippen LogP) is 3.12. The Bertz CT molecular complexity index is 690. The van der Waals surface area contributed by atoms with Gasteiger partial charge in [-0.05, 0) is 61.1 Å². The molecule has 5 atom stereocenters. The summed E-state index contributed by atoms with van der Waals surface area (Å²) in [6, 6.07) is 9.72. The molecule has 4 nitrogen and oxygen atoms in total. The molecule has 1 aliphatic heterocycles. The standard InChI is InChI=1S/C19H25BN2O2.ClH/c1-18(2)14-9-15(18)19(3)16(10-14)23-20(24-19)17(22)8-12-4-6-13(11-21)7-5-12;/h4-7,14-17H,8-10,22H2,1-3H3;1H/t14?,15-,16+,17-,19-;/m0./s1. The second-order valence-electron chi connectivity index (χ2n) is 8.51. The Balaban J connectivity index is 0.00000182. The number of nitrogens with two attached hydrogens (primary N) is 1. The fraction of sp³-hybridized carbons (Fsp3) is 0.632. The Kier molecular flexibility index (Phi) is 4.70. The lowest BCUT2D eigenvalue weighted by Crippen LogP contribution is -2.65. The minimum atomic E-state index is -0.342. The van der Waals surface area contributed by atoms with Crippen LogP contribution in [0.25, 0.3) is 0 Å². The molecule has 2 bridgehead atoms. The Hall–Kier alpha value is -1.06. The van der Waals surface area contributed by atoms with Crippen LogP contribution in [-0.2, 0) is 15.7 Å². The summed E-state index contributed by atoms with van der Waals surface area (Å²) in [5.41, 5.74) is 8.33. The van der Waals surface area contributed by atoms with E-state index in [1.165, 1.54) is 6.42 Å². The van der Waals surface area contributed by atoms with Crippen molar-refractivity contribution in [2.75, 3.05) is 0 Å². The summed E-state index contributed by atoms with van der Waals surface area (Å²) in [5.74, 6) is 1.11. The molecule has 1 heterocycles. The summed E-state index contributed by atoms with van der Waals surface area (Å²) in [5, 5.41) is 8.89. The highest BCUT2D eigenvalue weighted by molar-refractivity contribution is 6.47. The molecule has 2 N–H and O–H groups in total. The van der Waals surface area contributed by atoms with Gasteiger partial charge in [0.1, 0.15) is 0 Å². The summed E-state index contributed by atoms with van der Waals surface area (Å²) in [7, 11) is -0.342. The molecule has 0 spiro atoms. The first-order valence-corrected chi connectivity index (χ1v) is 8.92. The Morgan fingerprint density at radius 3 is 2.56 bits per heavy atom. The lowest BCUT2D eigenvalue weighted by atomic mass is 9.43. The third-order valence-corrected chi connectivity index (χ3v) is 6.87. The van der Waals surface area contributed by atoms with E-state index in [4.69, 9.17) is 20.3 Å². The van der Waals surface area contributed by atoms with Crippen molar-refractivity contribution in [3.63, 3.8) is 0 Å². The second-order valence-corrected chi connectivity index (χ2v) is 8.51. The van der Waals surface area contributed by atoms with Crippen LogP contribution in [0.3, 0.4) is 0 Å². The molecule has 1 aromatic carbocycles. The quantitative estimate of drug-likeness (QED) is 0.841. The second kappa shape index (κ2) is 6.28. The molecule has 1 saturated heterocycles. The lowest BCUT2D eigenvalue weighted by molar-refractivity contribution is -0.199. The normalized spacial score (nSPS) is 35.8. The first kappa shape index (κ1) is 18.7. The number of nitrogens with zero attached hydrogens (tertiary/aromatic N) is 1. The van der Waals surface area contributed by atoms with Crippen molar-refractivity contribution in [3.05, 3.63) is 35.4 Å². The monoisotopic (exact) mass is 360 g/mol. The molecule has 25 heavy (non-hydrogen) atoms. The van der Waals surface area contributed by atoms with Crippen LogP contribution in [0.1, 0.15) is 44.7 Å². The maximum atomic E-state index is 8.89. The molecule has 5 rings (SSSR count). The molecule has 4 fully saturated rings. The summed E-state index contributed by atoms with van der Waals surface area (Å²) in [6.07, 6.45) is 3.20. The summed E-state index contributed by atoms with van der Waals surface area (Å²) >= 11 is 0. The molecule has 3 aliphatic carbocycles. The zero-order valence-electron chi connectivity index (χ0n) is 15.1. The number of nitriles is 1. The van der Waals surface area contributed by atoms with Gasteiger partial charge >= 0.3 is 7.12 Å². The van der Waals surface area contributed by atoms with Crippen LogP contribution in [-0.4, -0.2) is 24.8 Å². The van der Waals surface area contributed by atoms with Gasteiger partial charge in [-0.15, -0.1) is 12.4 Å². The Morgan fingerprint density at radius 1 is 1.28 bits per heavy atom. The average molecular weight is 361 g/mol. The van der Waals surface area contributed by atoms with E-state index in [1.807, 2.05) is 24.3 Å². The van der Waals surface area contributed by atoms with E-state index < -0.39 is 0 Å². The number of hydrogen-bond donors (Lipinski definition) is 1. The molecule has 134 valence electrons. The largest absolute Gasteiger partial charge is 0.475 e. The van der Waals surface area contributed by atoms with Gasteiger partial charge < -0.3 is 15.0 Å². The van der Waals surface area contributed by atoms with E-state index in [-0.39, 0.29) is 37.2 Å². The van der Waals surface area contributed by atoms with Crippen molar-refractivity contribution in [1.82, 2.24) is 0 Å². The molecule has 0 radical (unpaired) electrons. The molecular formula is C19H26BClN2O2. The SMILES string of the molecule is CC1(C)C2C[C@H]3OB([C@@H](N)Cc4ccc(C#N)cc4)O[C@@]3(C)[C@H]1C2.Cl. The third kappa shape index (κ3) is 2.80. The first-order chi connectivity index (χ1) is 11.3. The third-order valence-electron chi connectivity index (χ3n) is 6.87. The highest BCUT2D eigenvalue weighted by Crippen LogP contribution is 2.65. The van der Waals surface area contributed by atoms with Crippen LogP contribution in [0.4, 0.5) is 0 Å². The van der Waals surface area contributed by atoms with Crippen molar-refractivity contribution < 1.29 is 9.31 Å². The first-order valence-electron chi connectivity index (χ1n) is 8.92. The van der Waals surface area contributed by atoms with Crippen molar-refractivity contribution in [1.29, 1.82) is 5.26 Å². The van der Waals surface area contributed by atoms with Crippen molar-refractivity contribution >= 4 is 19.5 Å². The summed E-state index contributed by atoms with van der Waals surface area (Å²) in [6.45, 7) is 6.94. The van der Waals surface area contributed by atoms with E-state index in [9.17, 15) is 0 Å². The van der Waals surface area contributed by atoms with Gasteiger partial charge in [0.25, 0.3) is 0 Å². The van der Waals surface area contributed by atoms with Gasteiger partial charge in [0.2, 0.25) is 0 Å². The highest BCUT2D eigenvalue weighted by Gasteiger charge is 2.68. The molecule has 1 unspecified atom stereocenters. The zero-order valence-corrected chi connectivity index (χ0v) is 15.9. The van der Waals surface area contributed by atoms with Crippen molar-refractivity contribution in [2.45, 2.75) is 57.7 Å². The van der Waals surface area contributed by atoms with Gasteiger partial charge in [0.05, 0.1) is 23.3 Å². The number of benzene rings is 1. The summed E-state index contributed by atoms with van der Waals surface area (Å²) < 4.78 is 12.7. The van der Waals surface area contributed by atoms with Crippen LogP contribution in [0.2, 0.25) is 0 Å². The fourth-order valence-corrected chi connectivity index (χ4v) is 5.17. The highest BCUT2D eigenvalue weighted by atomic mass is 35.5. The molecule has 3 saturated carbocycles. The van der Waals surface area contributed by atoms with Crippen molar-refractivity contribution in [2.24, 2.45) is 23.0 Å². The molecular weight excluding hydrogens is 334 g/mol. The van der Waals surface area contributed by atoms with E-state index in [1.54, 1.807) is 0 Å². The van der Waals surface area contributed by atoms with Gasteiger partial charge in [-0.25, -0.2) is 0 Å². The topological polar surface area (TPSA) is 68.3 Å². The number of halogens is 1. The maximum Gasteiger partial charge on any atom is 0.475 e. The van der Waals surface area contributed by atoms with Crippen molar-refractivity contribution in [3.8, 4) is 6.07 Å². The summed E-state index contributed by atoms with van der Waals surface area (Å²) in [4.78, 5) is 0. The minimum absolute atomic E-state index is 0. The minimum Gasteiger partial charge on any atom is -0.404 e. The smallest absolute Gasteiger partial charge is 0.404 e. The average Bonchev–Trinajstić information content (AvgIpc) is 2.92. The lowest BCUT2D eigenvalue weighted by Gasteiger charge is -2.64. The molecule has 0 aromatic heterocycles. The van der Waals surface area contributed by atoms with Gasteiger partial charge in [0.15, 0.2) is 0 Å². The van der Waals surface area contributed by atoms with Crippen LogP contribution >= 0.6 is 12.4 Å². The fourth-order valence-electron chi connectivity index (χ4n) is 5.17. The van der Waals surface area contributed by atoms with Gasteiger partial charge in [0, 0.05) is 5.94 Å². The Morgan fingerprint density at radius 2 is 1.96 bits per heavy atom. The van der Waals surface area contributed by atoms with E-state index >= 15 is 0 Å². The number of hydrogen-bond acceptors (Lipinski definition) is 4. The number of rotatable bonds is 3.